The zero-order valence-electron chi connectivity index (χ0n) is 17.4. The highest BCUT2D eigenvalue weighted by molar-refractivity contribution is 7.99. The van der Waals surface area contributed by atoms with Crippen molar-refractivity contribution in [1.29, 1.82) is 0 Å². The van der Waals surface area contributed by atoms with Crippen molar-refractivity contribution in [1.82, 2.24) is 19.6 Å². The van der Waals surface area contributed by atoms with Crippen molar-refractivity contribution in [2.24, 2.45) is 0 Å². The number of carbonyl (C=O) groups excluding carboxylic acids is 1. The van der Waals surface area contributed by atoms with Gasteiger partial charge in [-0.2, -0.15) is 14.6 Å². The molecule has 0 aliphatic heterocycles. The molecule has 0 saturated heterocycles. The second-order valence-electron chi connectivity index (χ2n) is 6.74. The number of nitrogens with one attached hydrogen (secondary N) is 2. The Labute approximate surface area is 184 Å². The highest BCUT2D eigenvalue weighted by Gasteiger charge is 2.14. The van der Waals surface area contributed by atoms with Gasteiger partial charge in [0.05, 0.1) is 7.11 Å². The summed E-state index contributed by atoms with van der Waals surface area (Å²) in [5.41, 5.74) is 3.44. The molecule has 31 heavy (non-hydrogen) atoms. The van der Waals surface area contributed by atoms with Crippen LogP contribution in [0.1, 0.15) is 18.2 Å². The number of anilines is 2. The number of benzene rings is 2. The average molecular weight is 435 g/mol. The van der Waals surface area contributed by atoms with Gasteiger partial charge in [0.1, 0.15) is 17.1 Å². The van der Waals surface area contributed by atoms with Gasteiger partial charge in [0, 0.05) is 33.6 Å². The molecular weight excluding hydrogens is 412 g/mol. The van der Waals surface area contributed by atoms with Gasteiger partial charge in [0.2, 0.25) is 0 Å². The fraction of sp³-hybridized carbons (Fsp3) is 0.182. The highest BCUT2D eigenvalue weighted by atomic mass is 32.2. The molecule has 2 aromatic carbocycles. The predicted molar refractivity (Wildman–Crippen MR) is 121 cm³/mol. The lowest BCUT2D eigenvalue weighted by Crippen LogP contribution is -2.19. The molecule has 0 bridgehead atoms. The molecule has 2 heterocycles. The molecule has 0 spiro atoms. The molecule has 4 aromatic rings. The number of carbonyl (C=O) groups is 1. The Morgan fingerprint density at radius 3 is 2.65 bits per heavy atom. The number of aryl methyl sites for hydroxylation is 1. The Bertz CT molecular complexity index is 1220. The van der Waals surface area contributed by atoms with Gasteiger partial charge in [-0.3, -0.25) is 0 Å². The van der Waals surface area contributed by atoms with E-state index in [0.717, 1.165) is 27.6 Å². The lowest BCUT2D eigenvalue weighted by atomic mass is 10.2. The third kappa shape index (κ3) is 4.61. The summed E-state index contributed by atoms with van der Waals surface area (Å²) in [6.07, 6.45) is 2.36. The molecule has 2 N–H and O–H groups in total. The molecule has 0 aliphatic rings. The summed E-state index contributed by atoms with van der Waals surface area (Å²) < 4.78 is 6.94. The monoisotopic (exact) mass is 434 g/mol. The normalized spacial score (nSPS) is 10.8. The molecule has 0 aliphatic carbocycles. The van der Waals surface area contributed by atoms with E-state index in [9.17, 15) is 4.79 Å². The molecule has 0 fully saturated rings. The van der Waals surface area contributed by atoms with Crippen molar-refractivity contribution in [2.75, 3.05) is 17.7 Å². The molecule has 0 atom stereocenters. The summed E-state index contributed by atoms with van der Waals surface area (Å²) in [6.45, 7) is 4.09. The summed E-state index contributed by atoms with van der Waals surface area (Å²) >= 11 is 1.60. The van der Waals surface area contributed by atoms with Crippen LogP contribution in [-0.4, -0.2) is 32.7 Å². The first kappa shape index (κ1) is 20.7. The smallest absolute Gasteiger partial charge is 0.323 e. The largest absolute Gasteiger partial charge is 0.497 e. The van der Waals surface area contributed by atoms with Gasteiger partial charge in [-0.25, -0.2) is 9.78 Å². The van der Waals surface area contributed by atoms with Crippen LogP contribution in [0.25, 0.3) is 5.78 Å². The average Bonchev–Trinajstić information content (AvgIpc) is 3.23. The lowest BCUT2D eigenvalue weighted by Gasteiger charge is -2.12. The molecule has 4 rings (SSSR count). The quantitative estimate of drug-likeness (QED) is 0.424. The first-order valence-corrected chi connectivity index (χ1v) is 10.6. The summed E-state index contributed by atoms with van der Waals surface area (Å²) in [6, 6.07) is 14.5. The van der Waals surface area contributed by atoms with Crippen LogP contribution < -0.4 is 15.4 Å². The number of hydrogen-bond acceptors (Lipinski definition) is 6. The number of methoxy groups -OCH3 is 1. The fourth-order valence-electron chi connectivity index (χ4n) is 3.18. The molecule has 2 aromatic heterocycles. The Morgan fingerprint density at radius 1 is 1.13 bits per heavy atom. The van der Waals surface area contributed by atoms with E-state index >= 15 is 0 Å². The number of fused-ring (bicyclic) bond motifs is 1. The van der Waals surface area contributed by atoms with Crippen molar-refractivity contribution < 1.29 is 9.53 Å². The number of aromatic nitrogens is 4. The summed E-state index contributed by atoms with van der Waals surface area (Å²) in [7, 11) is 1.59. The number of hydrogen-bond donors (Lipinski definition) is 2. The summed E-state index contributed by atoms with van der Waals surface area (Å²) in [5, 5.41) is 11.0. The van der Waals surface area contributed by atoms with E-state index in [4.69, 9.17) is 4.74 Å². The van der Waals surface area contributed by atoms with E-state index in [1.165, 1.54) is 6.33 Å². The zero-order chi connectivity index (χ0) is 21.8. The van der Waals surface area contributed by atoms with Crippen LogP contribution in [0.5, 0.6) is 5.75 Å². The van der Waals surface area contributed by atoms with E-state index in [0.29, 0.717) is 22.9 Å². The van der Waals surface area contributed by atoms with Gasteiger partial charge in [-0.1, -0.05) is 24.8 Å². The van der Waals surface area contributed by atoms with Crippen LogP contribution in [0.4, 0.5) is 16.2 Å². The topological polar surface area (TPSA) is 93.4 Å². The van der Waals surface area contributed by atoms with E-state index < -0.39 is 0 Å². The molecule has 0 saturated carbocycles. The van der Waals surface area contributed by atoms with E-state index in [-0.39, 0.29) is 6.03 Å². The zero-order valence-corrected chi connectivity index (χ0v) is 18.2. The van der Waals surface area contributed by atoms with Gasteiger partial charge in [-0.05, 0) is 49.7 Å². The Balaban J connectivity index is 1.47. The third-order valence-electron chi connectivity index (χ3n) is 4.69. The molecule has 9 heteroatoms. The predicted octanol–water partition coefficient (Wildman–Crippen LogP) is 4.80. The van der Waals surface area contributed by atoms with Crippen LogP contribution in [0.2, 0.25) is 0 Å². The minimum Gasteiger partial charge on any atom is -0.497 e. The van der Waals surface area contributed by atoms with E-state index in [1.54, 1.807) is 35.5 Å². The van der Waals surface area contributed by atoms with Crippen molar-refractivity contribution in [2.45, 2.75) is 30.2 Å². The lowest BCUT2D eigenvalue weighted by molar-refractivity contribution is 0.262. The van der Waals surface area contributed by atoms with Gasteiger partial charge < -0.3 is 15.4 Å². The van der Waals surface area contributed by atoms with E-state index in [2.05, 4.69) is 32.6 Å². The first-order chi connectivity index (χ1) is 15.1. The van der Waals surface area contributed by atoms with Crippen molar-refractivity contribution in [3.8, 4) is 5.75 Å². The molecule has 0 unspecified atom stereocenters. The number of ether oxygens (including phenoxy) is 1. The standard InChI is InChI=1S/C22H22N6O2S/c1-4-19-14(2)25-21-23-13-24-28(21)20(19)31-18-10-8-15(9-11-18)26-22(29)27-16-6-5-7-17(12-16)30-3/h5-13H,4H2,1-3H3,(H2,26,27,29). The van der Waals surface area contributed by atoms with Crippen LogP contribution in [0, 0.1) is 6.92 Å². The number of amides is 2. The van der Waals surface area contributed by atoms with E-state index in [1.807, 2.05) is 43.3 Å². The molecule has 158 valence electrons. The maximum absolute atomic E-state index is 12.3. The summed E-state index contributed by atoms with van der Waals surface area (Å²) in [5.74, 6) is 1.27. The second-order valence-corrected chi connectivity index (χ2v) is 7.81. The Hall–Kier alpha value is -3.59. The maximum atomic E-state index is 12.3. The number of urea groups is 1. The Kier molecular flexibility index (Phi) is 6.03. The van der Waals surface area contributed by atoms with Gasteiger partial charge in [0.15, 0.2) is 0 Å². The molecule has 0 radical (unpaired) electrons. The van der Waals surface area contributed by atoms with Gasteiger partial charge in [0.25, 0.3) is 5.78 Å². The van der Waals surface area contributed by atoms with Crippen LogP contribution in [0.15, 0.2) is 64.8 Å². The fourth-order valence-corrected chi connectivity index (χ4v) is 4.31. The van der Waals surface area contributed by atoms with Crippen LogP contribution in [-0.2, 0) is 6.42 Å². The maximum Gasteiger partial charge on any atom is 0.323 e. The summed E-state index contributed by atoms with van der Waals surface area (Å²) in [4.78, 5) is 22.1. The van der Waals surface area contributed by atoms with Gasteiger partial charge in [-0.15, -0.1) is 0 Å². The van der Waals surface area contributed by atoms with Gasteiger partial charge >= 0.3 is 6.03 Å². The minimum absolute atomic E-state index is 0.323. The minimum atomic E-state index is -0.323. The van der Waals surface area contributed by atoms with Crippen LogP contribution in [0.3, 0.4) is 0 Å². The molecular formula is C22H22N6O2S. The third-order valence-corrected chi connectivity index (χ3v) is 5.81. The SMILES string of the molecule is CCc1c(C)nc2ncnn2c1Sc1ccc(NC(=O)Nc2cccc(OC)c2)cc1. The van der Waals surface area contributed by atoms with Crippen LogP contribution >= 0.6 is 11.8 Å². The first-order valence-electron chi connectivity index (χ1n) is 9.76. The van der Waals surface area contributed by atoms with Crippen molar-refractivity contribution >= 4 is 34.9 Å². The molecule has 2 amide bonds. The molecule has 8 nitrogen and oxygen atoms in total. The second kappa shape index (κ2) is 9.05. The number of rotatable bonds is 6. The van der Waals surface area contributed by atoms with Crippen molar-refractivity contribution in [3.05, 3.63) is 66.1 Å². The Morgan fingerprint density at radius 2 is 1.90 bits per heavy atom. The number of nitrogens with zero attached hydrogens (tertiary/aromatic N) is 4. The van der Waals surface area contributed by atoms with Crippen molar-refractivity contribution in [3.63, 3.8) is 0 Å². The highest BCUT2D eigenvalue weighted by Crippen LogP contribution is 2.32.